The molecule has 0 spiro atoms. The van der Waals surface area contributed by atoms with Crippen molar-refractivity contribution < 1.29 is 4.79 Å². The Hall–Kier alpha value is -0.770. The molecule has 4 bridgehead atoms. The summed E-state index contributed by atoms with van der Waals surface area (Å²) in [4.78, 5) is 14.0. The van der Waals surface area contributed by atoms with Crippen molar-refractivity contribution in [2.24, 2.45) is 35.3 Å². The molecular weight excluding hydrogens is 238 g/mol. The van der Waals surface area contributed by atoms with Gasteiger partial charge in [0, 0.05) is 25.7 Å². The SMILES string of the molecule is NC1CNC(=O)N(CC2C3CC4CC(C3)CC2C4)C1. The highest BCUT2D eigenvalue weighted by molar-refractivity contribution is 5.75. The number of rotatable bonds is 2. The Morgan fingerprint density at radius 3 is 2.37 bits per heavy atom. The Labute approximate surface area is 115 Å². The summed E-state index contributed by atoms with van der Waals surface area (Å²) < 4.78 is 0. The first-order chi connectivity index (χ1) is 9.19. The molecule has 1 atom stereocenters. The van der Waals surface area contributed by atoms with Crippen molar-refractivity contribution in [2.75, 3.05) is 19.6 Å². The van der Waals surface area contributed by atoms with Crippen LogP contribution in [0.4, 0.5) is 4.79 Å². The first-order valence-electron chi connectivity index (χ1n) is 7.97. The smallest absolute Gasteiger partial charge is 0.317 e. The van der Waals surface area contributed by atoms with Gasteiger partial charge in [0.25, 0.3) is 0 Å². The molecule has 0 radical (unpaired) electrons. The van der Waals surface area contributed by atoms with Crippen LogP contribution in [0.15, 0.2) is 0 Å². The maximum Gasteiger partial charge on any atom is 0.317 e. The quantitative estimate of drug-likeness (QED) is 0.791. The molecule has 4 heteroatoms. The Bertz CT molecular complexity index is 356. The van der Waals surface area contributed by atoms with Crippen molar-refractivity contribution in [3.8, 4) is 0 Å². The van der Waals surface area contributed by atoms with Crippen molar-refractivity contribution in [1.29, 1.82) is 0 Å². The van der Waals surface area contributed by atoms with Gasteiger partial charge < -0.3 is 16.0 Å². The van der Waals surface area contributed by atoms with Crippen molar-refractivity contribution in [2.45, 2.75) is 38.1 Å². The number of carbonyl (C=O) groups is 1. The summed E-state index contributed by atoms with van der Waals surface area (Å²) in [5.74, 6) is 4.56. The van der Waals surface area contributed by atoms with Gasteiger partial charge in [-0.3, -0.25) is 0 Å². The number of nitrogens with one attached hydrogen (secondary N) is 1. The summed E-state index contributed by atoms with van der Waals surface area (Å²) in [5, 5.41) is 2.92. The van der Waals surface area contributed by atoms with Crippen molar-refractivity contribution in [3.63, 3.8) is 0 Å². The van der Waals surface area contributed by atoms with Crippen molar-refractivity contribution in [3.05, 3.63) is 0 Å². The largest absolute Gasteiger partial charge is 0.336 e. The van der Waals surface area contributed by atoms with E-state index in [2.05, 4.69) is 5.32 Å². The molecule has 1 saturated heterocycles. The Kier molecular flexibility index (Phi) is 2.76. The third kappa shape index (κ3) is 2.04. The van der Waals surface area contributed by atoms with Gasteiger partial charge in [-0.1, -0.05) is 0 Å². The number of nitrogens with zero attached hydrogens (tertiary/aromatic N) is 1. The van der Waals surface area contributed by atoms with Gasteiger partial charge in [0.2, 0.25) is 0 Å². The minimum Gasteiger partial charge on any atom is -0.336 e. The predicted octanol–water partition coefficient (Wildman–Crippen LogP) is 1.41. The fraction of sp³-hybridized carbons (Fsp3) is 0.933. The summed E-state index contributed by atoms with van der Waals surface area (Å²) in [7, 11) is 0. The van der Waals surface area contributed by atoms with E-state index in [0.29, 0.717) is 6.54 Å². The molecule has 4 saturated carbocycles. The summed E-state index contributed by atoms with van der Waals surface area (Å²) in [6.45, 7) is 2.33. The van der Waals surface area contributed by atoms with Crippen LogP contribution in [-0.2, 0) is 0 Å². The van der Waals surface area contributed by atoms with Crippen LogP contribution in [-0.4, -0.2) is 36.6 Å². The standard InChI is InChI=1S/C15H25N3O/c16-13-6-17-15(19)18(7-13)8-14-11-2-9-1-10(4-11)5-12(14)3-9/h9-14H,1-8,16H2,(H,17,19). The van der Waals surface area contributed by atoms with Crippen LogP contribution >= 0.6 is 0 Å². The van der Waals surface area contributed by atoms with E-state index in [1.807, 2.05) is 4.90 Å². The Balaban J connectivity index is 1.46. The molecule has 106 valence electrons. The van der Waals surface area contributed by atoms with E-state index < -0.39 is 0 Å². The normalized spacial score (nSPS) is 48.5. The van der Waals surface area contributed by atoms with Gasteiger partial charge in [-0.05, 0) is 61.7 Å². The van der Waals surface area contributed by atoms with Crippen LogP contribution in [0, 0.1) is 29.6 Å². The summed E-state index contributed by atoms with van der Waals surface area (Å²) >= 11 is 0. The Morgan fingerprint density at radius 1 is 1.11 bits per heavy atom. The topological polar surface area (TPSA) is 58.4 Å². The van der Waals surface area contributed by atoms with E-state index in [1.165, 1.54) is 32.1 Å². The third-order valence-electron chi connectivity index (χ3n) is 6.11. The molecule has 19 heavy (non-hydrogen) atoms. The summed E-state index contributed by atoms with van der Waals surface area (Å²) in [6.07, 6.45) is 7.21. The molecule has 2 amide bonds. The molecule has 4 aliphatic carbocycles. The molecule has 1 unspecified atom stereocenters. The van der Waals surface area contributed by atoms with E-state index in [0.717, 1.165) is 42.7 Å². The van der Waals surface area contributed by atoms with E-state index in [4.69, 9.17) is 5.73 Å². The number of nitrogens with two attached hydrogens (primary N) is 1. The fourth-order valence-electron chi connectivity index (χ4n) is 5.51. The third-order valence-corrected chi connectivity index (χ3v) is 6.11. The van der Waals surface area contributed by atoms with Crippen LogP contribution in [0.1, 0.15) is 32.1 Å². The lowest BCUT2D eigenvalue weighted by molar-refractivity contribution is -0.0459. The molecular formula is C15H25N3O. The number of urea groups is 1. The highest BCUT2D eigenvalue weighted by Crippen LogP contribution is 2.56. The number of hydrogen-bond acceptors (Lipinski definition) is 2. The van der Waals surface area contributed by atoms with Gasteiger partial charge in [0.15, 0.2) is 0 Å². The lowest BCUT2D eigenvalue weighted by Gasteiger charge is -2.55. The second-order valence-corrected chi connectivity index (χ2v) is 7.45. The van der Waals surface area contributed by atoms with Gasteiger partial charge in [-0.2, -0.15) is 0 Å². The highest BCUT2D eigenvalue weighted by Gasteiger charge is 2.48. The molecule has 3 N–H and O–H groups in total. The van der Waals surface area contributed by atoms with Crippen LogP contribution in [0.3, 0.4) is 0 Å². The summed E-state index contributed by atoms with van der Waals surface area (Å²) in [6, 6.07) is 0.213. The lowest BCUT2D eigenvalue weighted by Crippen LogP contribution is -2.59. The minimum atomic E-state index is 0.106. The maximum absolute atomic E-state index is 12.0. The van der Waals surface area contributed by atoms with E-state index >= 15 is 0 Å². The first kappa shape index (κ1) is 12.0. The van der Waals surface area contributed by atoms with Gasteiger partial charge >= 0.3 is 6.03 Å². The van der Waals surface area contributed by atoms with Crippen LogP contribution in [0.5, 0.6) is 0 Å². The van der Waals surface area contributed by atoms with Gasteiger partial charge in [0.05, 0.1) is 0 Å². The zero-order chi connectivity index (χ0) is 13.0. The van der Waals surface area contributed by atoms with E-state index in [9.17, 15) is 4.79 Å². The molecule has 0 aromatic heterocycles. The number of hydrogen-bond donors (Lipinski definition) is 2. The molecule has 1 heterocycles. The maximum atomic E-state index is 12.0. The number of amides is 2. The van der Waals surface area contributed by atoms with Crippen LogP contribution in [0.25, 0.3) is 0 Å². The molecule has 0 aromatic rings. The molecule has 5 aliphatic rings. The monoisotopic (exact) mass is 263 g/mol. The minimum absolute atomic E-state index is 0.106. The molecule has 5 fully saturated rings. The van der Waals surface area contributed by atoms with Crippen LogP contribution < -0.4 is 11.1 Å². The second-order valence-electron chi connectivity index (χ2n) is 7.45. The van der Waals surface area contributed by atoms with Crippen molar-refractivity contribution in [1.82, 2.24) is 10.2 Å². The van der Waals surface area contributed by atoms with E-state index in [-0.39, 0.29) is 12.1 Å². The fourth-order valence-corrected chi connectivity index (χ4v) is 5.51. The zero-order valence-electron chi connectivity index (χ0n) is 11.6. The van der Waals surface area contributed by atoms with E-state index in [1.54, 1.807) is 0 Å². The first-order valence-corrected chi connectivity index (χ1v) is 7.97. The predicted molar refractivity (Wildman–Crippen MR) is 73.5 cm³/mol. The molecule has 1 aliphatic heterocycles. The average Bonchev–Trinajstić information content (AvgIpc) is 2.37. The molecule has 5 rings (SSSR count). The second kappa shape index (κ2) is 4.37. The van der Waals surface area contributed by atoms with Crippen molar-refractivity contribution >= 4 is 6.03 Å². The van der Waals surface area contributed by atoms with Gasteiger partial charge in [-0.25, -0.2) is 4.79 Å². The van der Waals surface area contributed by atoms with Gasteiger partial charge in [0.1, 0.15) is 0 Å². The molecule has 0 aromatic carbocycles. The zero-order valence-corrected chi connectivity index (χ0v) is 11.6. The Morgan fingerprint density at radius 2 is 1.74 bits per heavy atom. The summed E-state index contributed by atoms with van der Waals surface area (Å²) in [5.41, 5.74) is 5.98. The van der Waals surface area contributed by atoms with Gasteiger partial charge in [-0.15, -0.1) is 0 Å². The molecule has 4 nitrogen and oxygen atoms in total. The average molecular weight is 263 g/mol. The lowest BCUT2D eigenvalue weighted by atomic mass is 9.52. The highest BCUT2D eigenvalue weighted by atomic mass is 16.2. The van der Waals surface area contributed by atoms with Crippen LogP contribution in [0.2, 0.25) is 0 Å². The number of carbonyl (C=O) groups excluding carboxylic acids is 1.